The normalized spacial score (nSPS) is 27.8. The van der Waals surface area contributed by atoms with Gasteiger partial charge in [0.15, 0.2) is 0 Å². The van der Waals surface area contributed by atoms with Crippen molar-refractivity contribution in [1.29, 1.82) is 0 Å². The molecule has 32 heavy (non-hydrogen) atoms. The first-order chi connectivity index (χ1) is 15.4. The van der Waals surface area contributed by atoms with E-state index in [1.807, 2.05) is 18.2 Å². The van der Waals surface area contributed by atoms with Gasteiger partial charge >= 0.3 is 0 Å². The molecule has 2 aromatic carbocycles. The summed E-state index contributed by atoms with van der Waals surface area (Å²) in [7, 11) is 0. The Bertz CT molecular complexity index is 1230. The van der Waals surface area contributed by atoms with E-state index in [4.69, 9.17) is 0 Å². The van der Waals surface area contributed by atoms with Gasteiger partial charge in [0.1, 0.15) is 11.3 Å². The number of β-amino-alcohol motifs (C(OH)–C–C–N with tert-alkyl or cyclic N) is 1. The van der Waals surface area contributed by atoms with Crippen LogP contribution in [0.15, 0.2) is 42.5 Å². The number of rotatable bonds is 4. The van der Waals surface area contributed by atoms with Gasteiger partial charge in [-0.25, -0.2) is 0 Å². The van der Waals surface area contributed by atoms with Crippen molar-refractivity contribution in [3.63, 3.8) is 0 Å². The van der Waals surface area contributed by atoms with Crippen molar-refractivity contribution >= 4 is 16.6 Å². The van der Waals surface area contributed by atoms with Crippen LogP contribution < -0.4 is 0 Å². The minimum absolute atomic E-state index is 0.0635. The number of aromatic amines is 1. The Balaban J connectivity index is 1.51. The van der Waals surface area contributed by atoms with Gasteiger partial charge in [0, 0.05) is 48.5 Å². The van der Waals surface area contributed by atoms with Crippen LogP contribution in [-0.2, 0) is 18.3 Å². The molecule has 6 rings (SSSR count). The molecular weight excluding hydrogens is 406 g/mol. The minimum atomic E-state index is -1.03. The number of non-ortho nitro benzene ring substituents is 1. The van der Waals surface area contributed by atoms with Crippen LogP contribution >= 0.6 is 0 Å². The number of likely N-dealkylation sites (tertiary alicyclic amines) is 1. The zero-order valence-corrected chi connectivity index (χ0v) is 17.9. The van der Waals surface area contributed by atoms with Crippen LogP contribution in [0, 0.1) is 16.0 Å². The maximum absolute atomic E-state index is 12.3. The summed E-state index contributed by atoms with van der Waals surface area (Å²) in [6, 6.07) is 12.4. The summed E-state index contributed by atoms with van der Waals surface area (Å²) in [6.07, 6.45) is 4.30. The Morgan fingerprint density at radius 1 is 1.19 bits per heavy atom. The van der Waals surface area contributed by atoms with Crippen molar-refractivity contribution in [2.45, 2.75) is 43.1 Å². The van der Waals surface area contributed by atoms with Gasteiger partial charge in [0.05, 0.1) is 10.5 Å². The van der Waals surface area contributed by atoms with Gasteiger partial charge in [-0.3, -0.25) is 10.1 Å². The second kappa shape index (κ2) is 6.80. The van der Waals surface area contributed by atoms with Gasteiger partial charge in [-0.2, -0.15) is 0 Å². The Morgan fingerprint density at radius 3 is 2.75 bits per heavy atom. The van der Waals surface area contributed by atoms with Crippen LogP contribution in [0.3, 0.4) is 0 Å². The summed E-state index contributed by atoms with van der Waals surface area (Å²) in [4.78, 5) is 17.0. The lowest BCUT2D eigenvalue weighted by Gasteiger charge is -2.56. The fourth-order valence-corrected chi connectivity index (χ4v) is 6.21. The molecule has 2 fully saturated rings. The van der Waals surface area contributed by atoms with E-state index in [1.54, 1.807) is 18.2 Å². The quantitative estimate of drug-likeness (QED) is 0.430. The van der Waals surface area contributed by atoms with E-state index in [1.165, 1.54) is 18.9 Å². The van der Waals surface area contributed by atoms with Gasteiger partial charge in [0.25, 0.3) is 5.69 Å². The Morgan fingerprint density at radius 2 is 2.00 bits per heavy atom. The van der Waals surface area contributed by atoms with Gasteiger partial charge in [-0.15, -0.1) is 0 Å². The predicted octanol–water partition coefficient (Wildman–Crippen LogP) is 3.67. The molecule has 0 radical (unpaired) electrons. The van der Waals surface area contributed by atoms with E-state index in [9.17, 15) is 20.3 Å². The number of benzene rings is 2. The summed E-state index contributed by atoms with van der Waals surface area (Å²) >= 11 is 0. The predicted molar refractivity (Wildman–Crippen MR) is 121 cm³/mol. The minimum Gasteiger partial charge on any atom is -0.508 e. The van der Waals surface area contributed by atoms with Crippen LogP contribution in [0.25, 0.3) is 10.9 Å². The SMILES string of the molecule is O=[N+]([O-])c1cccc2c3c([nH]c12)CC1(c2cccc(O)c2)CCN(CC2CC2)CC1(O)C3. The summed E-state index contributed by atoms with van der Waals surface area (Å²) in [6.45, 7) is 2.48. The number of aromatic hydroxyl groups is 1. The molecule has 0 spiro atoms. The molecule has 7 heteroatoms. The van der Waals surface area contributed by atoms with E-state index >= 15 is 0 Å². The zero-order valence-electron chi connectivity index (χ0n) is 17.9. The Kier molecular flexibility index (Phi) is 4.20. The Hall–Kier alpha value is -2.90. The van der Waals surface area contributed by atoms with Crippen molar-refractivity contribution in [2.75, 3.05) is 19.6 Å². The fourth-order valence-electron chi connectivity index (χ4n) is 6.21. The number of fused-ring (bicyclic) bond motifs is 4. The number of para-hydroxylation sites is 1. The van der Waals surface area contributed by atoms with E-state index < -0.39 is 11.0 Å². The average Bonchev–Trinajstić information content (AvgIpc) is 3.50. The third-order valence-electron chi connectivity index (χ3n) is 8.00. The molecule has 1 saturated carbocycles. The van der Waals surface area contributed by atoms with Gasteiger partial charge in [-0.05, 0) is 55.0 Å². The molecule has 2 unspecified atom stereocenters. The molecule has 7 nitrogen and oxygen atoms in total. The number of H-pyrrole nitrogens is 1. The Labute approximate surface area is 185 Å². The number of phenolic OH excluding ortho intramolecular Hbond substituents is 1. The fraction of sp³-hybridized carbons (Fsp3) is 0.440. The van der Waals surface area contributed by atoms with E-state index in [0.717, 1.165) is 47.6 Å². The highest BCUT2D eigenvalue weighted by atomic mass is 16.6. The van der Waals surface area contributed by atoms with Crippen LogP contribution in [0.4, 0.5) is 5.69 Å². The summed E-state index contributed by atoms with van der Waals surface area (Å²) in [5.74, 6) is 0.930. The van der Waals surface area contributed by atoms with Crippen molar-refractivity contribution in [1.82, 2.24) is 9.88 Å². The molecule has 2 aliphatic carbocycles. The maximum atomic E-state index is 12.3. The number of hydrogen-bond donors (Lipinski definition) is 3. The zero-order chi connectivity index (χ0) is 22.1. The highest BCUT2D eigenvalue weighted by Crippen LogP contribution is 2.52. The molecule has 3 N–H and O–H groups in total. The summed E-state index contributed by atoms with van der Waals surface area (Å²) in [5, 5.41) is 35.0. The second-order valence-corrected chi connectivity index (χ2v) is 9.98. The van der Waals surface area contributed by atoms with E-state index in [0.29, 0.717) is 24.9 Å². The van der Waals surface area contributed by atoms with E-state index in [2.05, 4.69) is 9.88 Å². The third kappa shape index (κ3) is 2.88. The molecule has 3 aliphatic rings. The number of piperidine rings is 1. The summed E-state index contributed by atoms with van der Waals surface area (Å²) in [5.41, 5.74) is 1.88. The van der Waals surface area contributed by atoms with Crippen LogP contribution in [0.1, 0.15) is 36.1 Å². The third-order valence-corrected chi connectivity index (χ3v) is 8.00. The van der Waals surface area contributed by atoms with Crippen molar-refractivity contribution < 1.29 is 15.1 Å². The molecular formula is C25H27N3O4. The van der Waals surface area contributed by atoms with Crippen molar-refractivity contribution in [3.05, 3.63) is 69.4 Å². The number of hydrogen-bond acceptors (Lipinski definition) is 5. The molecule has 2 atom stereocenters. The lowest BCUT2D eigenvalue weighted by molar-refractivity contribution is -0.383. The topological polar surface area (TPSA) is 103 Å². The molecule has 1 saturated heterocycles. The first-order valence-corrected chi connectivity index (χ1v) is 11.4. The first kappa shape index (κ1) is 19.8. The molecule has 166 valence electrons. The first-order valence-electron chi connectivity index (χ1n) is 11.4. The average molecular weight is 434 g/mol. The molecule has 2 heterocycles. The number of nitrogens with one attached hydrogen (secondary N) is 1. The lowest BCUT2D eigenvalue weighted by atomic mass is 9.56. The lowest BCUT2D eigenvalue weighted by Crippen LogP contribution is -2.66. The van der Waals surface area contributed by atoms with Crippen LogP contribution in [-0.4, -0.2) is 50.3 Å². The number of aromatic nitrogens is 1. The molecule has 3 aromatic rings. The van der Waals surface area contributed by atoms with E-state index in [-0.39, 0.29) is 16.4 Å². The standard InChI is InChI=1S/C25H27N3O4/c29-18-4-1-3-17(11-18)24-9-10-27(14-16-7-8-16)15-25(24,30)12-20-19-5-2-6-22(28(31)32)23(19)26-21(20)13-24/h1-6,11,16,26,29-30H,7-10,12-15H2. The van der Waals surface area contributed by atoms with Crippen molar-refractivity contribution in [3.8, 4) is 5.75 Å². The van der Waals surface area contributed by atoms with Crippen LogP contribution in [0.5, 0.6) is 5.75 Å². The largest absolute Gasteiger partial charge is 0.508 e. The number of nitro benzene ring substituents is 1. The maximum Gasteiger partial charge on any atom is 0.293 e. The summed E-state index contributed by atoms with van der Waals surface area (Å²) < 4.78 is 0. The second-order valence-electron chi connectivity index (χ2n) is 9.98. The molecule has 0 amide bonds. The molecule has 1 aliphatic heterocycles. The number of nitrogens with zero attached hydrogens (tertiary/aromatic N) is 2. The number of phenols is 1. The molecule has 1 aromatic heterocycles. The monoisotopic (exact) mass is 433 g/mol. The highest BCUT2D eigenvalue weighted by molar-refractivity contribution is 5.92. The van der Waals surface area contributed by atoms with Crippen molar-refractivity contribution in [2.24, 2.45) is 5.92 Å². The molecule has 0 bridgehead atoms. The van der Waals surface area contributed by atoms with Gasteiger partial charge < -0.3 is 20.1 Å². The van der Waals surface area contributed by atoms with Crippen LogP contribution in [0.2, 0.25) is 0 Å². The number of aliphatic hydroxyl groups is 1. The van der Waals surface area contributed by atoms with Gasteiger partial charge in [-0.1, -0.05) is 24.3 Å². The number of nitro groups is 1. The smallest absolute Gasteiger partial charge is 0.293 e. The van der Waals surface area contributed by atoms with Gasteiger partial charge in [0.2, 0.25) is 0 Å². The highest BCUT2D eigenvalue weighted by Gasteiger charge is 2.58.